The zero-order chi connectivity index (χ0) is 41.7. The quantitative estimate of drug-likeness (QED) is 0.0313. The zero-order valence-corrected chi connectivity index (χ0v) is 38.3. The highest BCUT2D eigenvalue weighted by Gasteiger charge is 2.46. The maximum absolute atomic E-state index is 13.8. The number of carbonyl (C=O) groups excluding carboxylic acids is 2. The number of ether oxygens (including phenoxy) is 7. The highest BCUT2D eigenvalue weighted by atomic mass is 28.4. The lowest BCUT2D eigenvalue weighted by molar-refractivity contribution is -0.227. The van der Waals surface area contributed by atoms with E-state index in [4.69, 9.17) is 37.6 Å². The van der Waals surface area contributed by atoms with Crippen LogP contribution in [0.25, 0.3) is 0 Å². The molecule has 11 heteroatoms. The lowest BCUT2D eigenvalue weighted by Gasteiger charge is -2.42. The molecule has 318 valence electrons. The van der Waals surface area contributed by atoms with Gasteiger partial charge in [0.25, 0.3) is 0 Å². The van der Waals surface area contributed by atoms with Crippen LogP contribution < -0.4 is 0 Å². The van der Waals surface area contributed by atoms with E-state index in [1.807, 2.05) is 72.8 Å². The van der Waals surface area contributed by atoms with Gasteiger partial charge in [-0.25, -0.2) is 0 Å². The molecule has 10 nitrogen and oxygen atoms in total. The molecule has 2 aliphatic heterocycles. The van der Waals surface area contributed by atoms with Crippen molar-refractivity contribution >= 4 is 20.3 Å². The Morgan fingerprint density at radius 1 is 1.04 bits per heavy atom. The maximum atomic E-state index is 13.8. The minimum Gasteiger partial charge on any atom is -0.457 e. The predicted molar refractivity (Wildman–Crippen MR) is 221 cm³/mol. The summed E-state index contributed by atoms with van der Waals surface area (Å²) in [5.74, 6) is -0.407. The monoisotopic (exact) mass is 795 g/mol. The van der Waals surface area contributed by atoms with Crippen LogP contribution in [0.5, 0.6) is 0 Å². The summed E-state index contributed by atoms with van der Waals surface area (Å²) in [6.07, 6.45) is 11.0. The molecule has 0 bridgehead atoms. The molecular weight excluding hydrogens is 717 g/mol. The maximum Gasteiger partial charge on any atom is 0.308 e. The Morgan fingerprint density at radius 3 is 2.25 bits per heavy atom. The molecule has 1 saturated heterocycles. The zero-order valence-electron chi connectivity index (χ0n) is 37.3. The average molecular weight is 795 g/mol. The van der Waals surface area contributed by atoms with Crippen molar-refractivity contribution in [3.8, 4) is 0 Å². The van der Waals surface area contributed by atoms with Gasteiger partial charge in [-0.05, 0) is 103 Å². The van der Waals surface area contributed by atoms with Crippen LogP contribution in [-0.2, 0) is 47.2 Å². The first-order valence-corrected chi connectivity index (χ1v) is 23.8. The summed E-state index contributed by atoms with van der Waals surface area (Å²) < 4.78 is 49.3. The van der Waals surface area contributed by atoms with Crippen LogP contribution >= 0.6 is 0 Å². The summed E-state index contributed by atoms with van der Waals surface area (Å²) in [5.41, 5.74) is -0.0519. The van der Waals surface area contributed by atoms with E-state index in [9.17, 15) is 9.59 Å². The van der Waals surface area contributed by atoms with Crippen LogP contribution in [-0.4, -0.2) is 88.3 Å². The molecule has 55 heavy (non-hydrogen) atoms. The van der Waals surface area contributed by atoms with Gasteiger partial charge in [0.1, 0.15) is 17.8 Å². The van der Waals surface area contributed by atoms with Crippen LogP contribution in [0.1, 0.15) is 129 Å². The second kappa shape index (κ2) is 22.3. The lowest BCUT2D eigenvalue weighted by atomic mass is 9.88. The lowest BCUT2D eigenvalue weighted by Crippen LogP contribution is -2.48. The molecule has 1 fully saturated rings. The third-order valence-electron chi connectivity index (χ3n) is 11.4. The molecular formula is C44H78O10Si. The average Bonchev–Trinajstić information content (AvgIpc) is 3.84. The van der Waals surface area contributed by atoms with E-state index in [0.29, 0.717) is 26.1 Å². The minimum absolute atomic E-state index is 0.0632. The Kier molecular flexibility index (Phi) is 20.0. The number of epoxide rings is 1. The molecule has 0 spiro atoms. The number of hydrogen-bond acceptors (Lipinski definition) is 10. The van der Waals surface area contributed by atoms with Crippen LogP contribution in [0.15, 0.2) is 36.0 Å². The number of esters is 2. The fourth-order valence-electron chi connectivity index (χ4n) is 7.14. The second-order valence-electron chi connectivity index (χ2n) is 17.5. The molecule has 0 aromatic rings. The Bertz CT molecular complexity index is 1270. The minimum atomic E-state index is -2.28. The van der Waals surface area contributed by atoms with Gasteiger partial charge in [0.2, 0.25) is 0 Å². The highest BCUT2D eigenvalue weighted by Crippen LogP contribution is 2.40. The van der Waals surface area contributed by atoms with Crippen LogP contribution in [0.2, 0.25) is 18.1 Å². The molecule has 0 radical (unpaired) electrons. The summed E-state index contributed by atoms with van der Waals surface area (Å²) in [5, 5.41) is -0.0632. The molecule has 0 N–H and O–H groups in total. The van der Waals surface area contributed by atoms with E-state index in [1.165, 1.54) is 6.92 Å². The summed E-state index contributed by atoms with van der Waals surface area (Å²) in [6.45, 7) is 33.6. The molecule has 0 saturated carbocycles. The van der Waals surface area contributed by atoms with Crippen molar-refractivity contribution in [2.75, 3.05) is 13.2 Å². The summed E-state index contributed by atoms with van der Waals surface area (Å²) in [7, 11) is -2.28. The largest absolute Gasteiger partial charge is 0.457 e. The first-order chi connectivity index (χ1) is 25.6. The third kappa shape index (κ3) is 16.1. The van der Waals surface area contributed by atoms with E-state index >= 15 is 0 Å². The Balaban J connectivity index is 2.35. The van der Waals surface area contributed by atoms with Crippen molar-refractivity contribution in [2.24, 2.45) is 17.8 Å². The van der Waals surface area contributed by atoms with Gasteiger partial charge in [0.05, 0.1) is 30.8 Å². The number of carbonyl (C=O) groups is 2. The first-order valence-electron chi connectivity index (χ1n) is 20.9. The van der Waals surface area contributed by atoms with E-state index in [-0.39, 0.29) is 59.8 Å². The van der Waals surface area contributed by atoms with Crippen molar-refractivity contribution in [1.29, 1.82) is 0 Å². The predicted octanol–water partition coefficient (Wildman–Crippen LogP) is 9.86. The number of allylic oxidation sites excluding steroid dienone is 3. The Hall–Kier alpha value is -1.86. The van der Waals surface area contributed by atoms with Gasteiger partial charge < -0.3 is 37.6 Å². The van der Waals surface area contributed by atoms with Gasteiger partial charge in [0, 0.05) is 32.0 Å². The molecule has 0 amide bonds. The smallest absolute Gasteiger partial charge is 0.308 e. The van der Waals surface area contributed by atoms with Crippen molar-refractivity contribution in [2.45, 2.75) is 202 Å². The molecule has 2 rings (SSSR count). The standard InChI is InChI=1S/C44H78O10Si/c1-17-37(50-34(9)47-18-2)32(7)42-38(51-42)27-29(4)21-20-22-30(5)41-31(6)23-24-39(49-33(8)45)44(14,53-35(10)48-19-3)26-25-36(28-40(46)52-41)54-55(15,16)43(11,12)13/h20-24,29,31-32,34-39,41-42H,17-19,25-28H2,1-16H3/b21-20+,24-23+,30-22+. The molecule has 12 unspecified atom stereocenters. The van der Waals surface area contributed by atoms with E-state index < -0.39 is 44.5 Å². The van der Waals surface area contributed by atoms with Crippen LogP contribution in [0.4, 0.5) is 0 Å². The van der Waals surface area contributed by atoms with Gasteiger partial charge in [-0.1, -0.05) is 72.8 Å². The summed E-state index contributed by atoms with van der Waals surface area (Å²) in [6, 6.07) is 0. The van der Waals surface area contributed by atoms with Crippen molar-refractivity contribution < 1.29 is 47.2 Å². The number of rotatable bonds is 19. The second-order valence-corrected chi connectivity index (χ2v) is 22.2. The fraction of sp³-hybridized carbons (Fsp3) is 0.818. The molecule has 0 aromatic carbocycles. The third-order valence-corrected chi connectivity index (χ3v) is 16.0. The van der Waals surface area contributed by atoms with Gasteiger partial charge in [-0.15, -0.1) is 0 Å². The van der Waals surface area contributed by atoms with Gasteiger partial charge in [-0.2, -0.15) is 0 Å². The number of hydrogen-bond donors (Lipinski definition) is 0. The topological polar surface area (TPSA) is 111 Å². The highest BCUT2D eigenvalue weighted by molar-refractivity contribution is 6.74. The molecule has 12 atom stereocenters. The summed E-state index contributed by atoms with van der Waals surface area (Å²) in [4.78, 5) is 26.3. The van der Waals surface area contributed by atoms with Gasteiger partial charge in [0.15, 0.2) is 20.9 Å². The normalized spacial score (nSPS) is 30.7. The van der Waals surface area contributed by atoms with E-state index in [2.05, 4.69) is 60.7 Å². The van der Waals surface area contributed by atoms with Gasteiger partial charge >= 0.3 is 11.9 Å². The molecule has 2 heterocycles. The van der Waals surface area contributed by atoms with Crippen LogP contribution in [0, 0.1) is 17.8 Å². The van der Waals surface area contributed by atoms with Crippen molar-refractivity contribution in [3.63, 3.8) is 0 Å². The van der Waals surface area contributed by atoms with Crippen molar-refractivity contribution in [3.05, 3.63) is 36.0 Å². The number of cyclic esters (lactones) is 1. The summed E-state index contributed by atoms with van der Waals surface area (Å²) >= 11 is 0. The Morgan fingerprint density at radius 2 is 1.67 bits per heavy atom. The van der Waals surface area contributed by atoms with E-state index in [1.54, 1.807) is 0 Å². The first kappa shape index (κ1) is 49.3. The van der Waals surface area contributed by atoms with E-state index in [0.717, 1.165) is 18.4 Å². The molecule has 0 aliphatic carbocycles. The van der Waals surface area contributed by atoms with Gasteiger partial charge in [-0.3, -0.25) is 9.59 Å². The van der Waals surface area contributed by atoms with Crippen molar-refractivity contribution in [1.82, 2.24) is 0 Å². The Labute approximate surface area is 335 Å². The molecule has 0 aromatic heterocycles. The molecule has 2 aliphatic rings. The van der Waals surface area contributed by atoms with Crippen LogP contribution in [0.3, 0.4) is 0 Å². The fourth-order valence-corrected chi connectivity index (χ4v) is 8.53. The SMILES string of the molecule is CCOC(C)OC(CC)C(C)C1OC1CC(C)/C=C/C=C(\C)C1OC(=O)CC(O[Si](C)(C)C(C)(C)C)CCC(C)(OC(C)OCC)C(OC(C)=O)/C=C/C1C.